The summed E-state index contributed by atoms with van der Waals surface area (Å²) in [6.07, 6.45) is 0. The molecule has 0 aliphatic carbocycles. The number of hydrogen-bond donors (Lipinski definition) is 0. The van der Waals surface area contributed by atoms with Crippen LogP contribution in [0.1, 0.15) is 21.5 Å². The molecule has 130 valence electrons. The lowest BCUT2D eigenvalue weighted by Crippen LogP contribution is -2.27. The van der Waals surface area contributed by atoms with Crippen LogP contribution in [0.5, 0.6) is 0 Å². The Balaban J connectivity index is 2.30. The van der Waals surface area contributed by atoms with E-state index < -0.39 is 15.8 Å². The number of non-ortho nitro benzene ring substituents is 1. The van der Waals surface area contributed by atoms with E-state index in [4.69, 9.17) is 11.6 Å². The molecule has 0 aliphatic rings. The van der Waals surface area contributed by atoms with Crippen molar-refractivity contribution in [2.24, 2.45) is 0 Å². The van der Waals surface area contributed by atoms with Crippen molar-refractivity contribution in [3.8, 4) is 0 Å². The third kappa shape index (κ3) is 3.92. The molecule has 2 aromatic carbocycles. The van der Waals surface area contributed by atoms with Gasteiger partial charge in [0.2, 0.25) is 0 Å². The highest BCUT2D eigenvalue weighted by Crippen LogP contribution is 2.25. The molecule has 0 atom stereocenters. The number of halogens is 1. The van der Waals surface area contributed by atoms with Gasteiger partial charge in [-0.05, 0) is 24.6 Å². The molecule has 0 fully saturated rings. The fourth-order valence-electron chi connectivity index (χ4n) is 2.38. The zero-order valence-electron chi connectivity index (χ0n) is 13.4. The molecule has 2 aromatic rings. The summed E-state index contributed by atoms with van der Waals surface area (Å²) in [7, 11) is 1.50. The van der Waals surface area contributed by atoms with E-state index in [1.165, 1.54) is 55.3 Å². The minimum absolute atomic E-state index is 0.0292. The predicted molar refractivity (Wildman–Crippen MR) is 91.7 cm³/mol. The summed E-state index contributed by atoms with van der Waals surface area (Å²) in [4.78, 5) is 34.7. The second kappa shape index (κ2) is 7.27. The van der Waals surface area contributed by atoms with Crippen molar-refractivity contribution < 1.29 is 14.6 Å². The van der Waals surface area contributed by atoms with Gasteiger partial charge in [-0.2, -0.15) is 0 Å². The van der Waals surface area contributed by atoms with Gasteiger partial charge in [0.1, 0.15) is 0 Å². The number of nitro benzene ring substituents is 2. The molecule has 9 heteroatoms. The molecule has 0 heterocycles. The highest BCUT2D eigenvalue weighted by atomic mass is 35.5. The minimum atomic E-state index is -0.552. The Morgan fingerprint density at radius 1 is 1.16 bits per heavy atom. The van der Waals surface area contributed by atoms with Gasteiger partial charge in [0.25, 0.3) is 17.3 Å². The first-order valence-electron chi connectivity index (χ1n) is 7.14. The van der Waals surface area contributed by atoms with Crippen molar-refractivity contribution >= 4 is 28.9 Å². The van der Waals surface area contributed by atoms with E-state index in [1.54, 1.807) is 0 Å². The van der Waals surface area contributed by atoms with Gasteiger partial charge in [0, 0.05) is 47.9 Å². The molecule has 0 aliphatic heterocycles. The summed E-state index contributed by atoms with van der Waals surface area (Å²) >= 11 is 6.04. The van der Waals surface area contributed by atoms with Crippen molar-refractivity contribution in [3.05, 3.63) is 78.3 Å². The molecule has 0 bridgehead atoms. The van der Waals surface area contributed by atoms with E-state index in [1.807, 2.05) is 0 Å². The fourth-order valence-corrected chi connectivity index (χ4v) is 2.56. The van der Waals surface area contributed by atoms with Crippen LogP contribution < -0.4 is 0 Å². The molecule has 2 rings (SSSR count). The van der Waals surface area contributed by atoms with Crippen LogP contribution in [0.15, 0.2) is 36.4 Å². The molecule has 25 heavy (non-hydrogen) atoms. The van der Waals surface area contributed by atoms with E-state index in [9.17, 15) is 25.0 Å². The van der Waals surface area contributed by atoms with Crippen molar-refractivity contribution in [1.29, 1.82) is 0 Å². The van der Waals surface area contributed by atoms with Gasteiger partial charge >= 0.3 is 0 Å². The largest absolute Gasteiger partial charge is 0.337 e. The highest BCUT2D eigenvalue weighted by Gasteiger charge is 2.21. The number of nitrogens with zero attached hydrogens (tertiary/aromatic N) is 3. The number of nitro groups is 2. The second-order valence-corrected chi connectivity index (χ2v) is 5.81. The quantitative estimate of drug-likeness (QED) is 0.594. The van der Waals surface area contributed by atoms with Gasteiger partial charge in [-0.3, -0.25) is 25.0 Å². The van der Waals surface area contributed by atoms with Crippen LogP contribution in [0.3, 0.4) is 0 Å². The van der Waals surface area contributed by atoms with Crippen LogP contribution in [0.2, 0.25) is 5.02 Å². The third-order valence-electron chi connectivity index (χ3n) is 3.73. The lowest BCUT2D eigenvalue weighted by molar-refractivity contribution is -0.385. The van der Waals surface area contributed by atoms with Crippen LogP contribution >= 0.6 is 11.6 Å². The lowest BCUT2D eigenvalue weighted by atomic mass is 10.1. The van der Waals surface area contributed by atoms with E-state index in [-0.39, 0.29) is 29.0 Å². The Hall–Kier alpha value is -3.00. The van der Waals surface area contributed by atoms with Gasteiger partial charge in [-0.25, -0.2) is 0 Å². The molecule has 8 nitrogen and oxygen atoms in total. The first kappa shape index (κ1) is 18.3. The number of rotatable bonds is 5. The highest BCUT2D eigenvalue weighted by molar-refractivity contribution is 6.31. The van der Waals surface area contributed by atoms with Crippen LogP contribution in [-0.2, 0) is 6.54 Å². The Kier molecular flexibility index (Phi) is 5.33. The molecule has 0 saturated carbocycles. The maximum atomic E-state index is 12.6. The Morgan fingerprint density at radius 2 is 1.84 bits per heavy atom. The molecule has 0 spiro atoms. The zero-order valence-corrected chi connectivity index (χ0v) is 14.2. The molecular formula is C16H14ClN3O5. The number of benzene rings is 2. The summed E-state index contributed by atoms with van der Waals surface area (Å²) in [5.41, 5.74) is 0.585. The first-order valence-corrected chi connectivity index (χ1v) is 7.52. The molecule has 0 N–H and O–H groups in total. The lowest BCUT2D eigenvalue weighted by Gasteiger charge is -2.19. The molecule has 0 aromatic heterocycles. The SMILES string of the molecule is Cc1c(C(=O)N(C)Cc2cc([N+](=O)[O-])ccc2Cl)cccc1[N+](=O)[O-]. The molecule has 0 unspecified atom stereocenters. The third-order valence-corrected chi connectivity index (χ3v) is 4.10. The smallest absolute Gasteiger partial charge is 0.273 e. The van der Waals surface area contributed by atoms with Gasteiger partial charge in [0.15, 0.2) is 0 Å². The molecule has 0 radical (unpaired) electrons. The molecule has 1 amide bonds. The average molecular weight is 364 g/mol. The topological polar surface area (TPSA) is 107 Å². The van der Waals surface area contributed by atoms with Gasteiger partial charge in [-0.15, -0.1) is 0 Å². The maximum absolute atomic E-state index is 12.6. The van der Waals surface area contributed by atoms with E-state index >= 15 is 0 Å². The van der Waals surface area contributed by atoms with Crippen molar-refractivity contribution in [2.75, 3.05) is 7.05 Å². The van der Waals surface area contributed by atoms with Crippen LogP contribution in [-0.4, -0.2) is 27.7 Å². The average Bonchev–Trinajstić information content (AvgIpc) is 2.55. The number of carbonyl (C=O) groups is 1. The molecular weight excluding hydrogens is 350 g/mol. The van der Waals surface area contributed by atoms with E-state index in [0.717, 1.165) is 0 Å². The maximum Gasteiger partial charge on any atom is 0.273 e. The van der Waals surface area contributed by atoms with Crippen LogP contribution in [0.25, 0.3) is 0 Å². The molecule has 0 saturated heterocycles. The van der Waals surface area contributed by atoms with E-state index in [2.05, 4.69) is 0 Å². The summed E-state index contributed by atoms with van der Waals surface area (Å²) in [5, 5.41) is 22.2. The van der Waals surface area contributed by atoms with Crippen molar-refractivity contribution in [3.63, 3.8) is 0 Å². The Labute approximate surface area is 147 Å². The Bertz CT molecular complexity index is 869. The number of carbonyl (C=O) groups excluding carboxylic acids is 1. The summed E-state index contributed by atoms with van der Waals surface area (Å²) in [6, 6.07) is 8.23. The van der Waals surface area contributed by atoms with Gasteiger partial charge in [0.05, 0.1) is 9.85 Å². The zero-order chi connectivity index (χ0) is 18.7. The first-order chi connectivity index (χ1) is 11.7. The fraction of sp³-hybridized carbons (Fsp3) is 0.188. The summed E-state index contributed by atoms with van der Waals surface area (Å²) in [5.74, 6) is -0.441. The van der Waals surface area contributed by atoms with Gasteiger partial charge < -0.3 is 4.90 Å². The standard InChI is InChI=1S/C16H14ClN3O5/c1-10-13(4-3-5-15(10)20(24)25)16(21)18(2)9-11-8-12(19(22)23)6-7-14(11)17/h3-8H,9H2,1-2H3. The normalized spacial score (nSPS) is 10.4. The minimum Gasteiger partial charge on any atom is -0.337 e. The summed E-state index contributed by atoms with van der Waals surface area (Å²) in [6.45, 7) is 1.53. The van der Waals surface area contributed by atoms with Gasteiger partial charge in [-0.1, -0.05) is 17.7 Å². The van der Waals surface area contributed by atoms with Crippen LogP contribution in [0.4, 0.5) is 11.4 Å². The Morgan fingerprint density at radius 3 is 2.44 bits per heavy atom. The number of hydrogen-bond acceptors (Lipinski definition) is 5. The second-order valence-electron chi connectivity index (χ2n) is 5.40. The van der Waals surface area contributed by atoms with Crippen LogP contribution in [0, 0.1) is 27.2 Å². The monoisotopic (exact) mass is 363 g/mol. The van der Waals surface area contributed by atoms with E-state index in [0.29, 0.717) is 10.6 Å². The number of amides is 1. The predicted octanol–water partition coefficient (Wildman–Crippen LogP) is 3.74. The van der Waals surface area contributed by atoms with Crippen molar-refractivity contribution in [2.45, 2.75) is 13.5 Å². The van der Waals surface area contributed by atoms with Crippen molar-refractivity contribution in [1.82, 2.24) is 4.90 Å². The summed E-state index contributed by atoms with van der Waals surface area (Å²) < 4.78 is 0.